The van der Waals surface area contributed by atoms with E-state index < -0.39 is 5.92 Å². The molecule has 0 aromatic carbocycles. The van der Waals surface area contributed by atoms with Crippen LogP contribution in [0.25, 0.3) is 0 Å². The van der Waals surface area contributed by atoms with Crippen LogP contribution in [0.15, 0.2) is 11.4 Å². The Labute approximate surface area is 112 Å². The summed E-state index contributed by atoms with van der Waals surface area (Å²) >= 11 is 1.74. The topological polar surface area (TPSA) is 12.0 Å². The summed E-state index contributed by atoms with van der Waals surface area (Å²) in [6.45, 7) is 5.07. The van der Waals surface area contributed by atoms with Crippen molar-refractivity contribution in [2.75, 3.05) is 6.54 Å². The molecule has 1 aromatic heterocycles. The number of halogens is 2. The summed E-state index contributed by atoms with van der Waals surface area (Å²) in [4.78, 5) is 1.33. The fourth-order valence-electron chi connectivity index (χ4n) is 2.79. The Morgan fingerprint density at radius 1 is 1.44 bits per heavy atom. The lowest BCUT2D eigenvalue weighted by Gasteiger charge is -2.34. The molecule has 1 fully saturated rings. The van der Waals surface area contributed by atoms with Crippen LogP contribution in [0, 0.1) is 12.8 Å². The highest BCUT2D eigenvalue weighted by atomic mass is 32.1. The van der Waals surface area contributed by atoms with Gasteiger partial charge in [0.1, 0.15) is 0 Å². The first-order valence-electron chi connectivity index (χ1n) is 6.68. The van der Waals surface area contributed by atoms with E-state index in [1.54, 1.807) is 11.3 Å². The lowest BCUT2D eigenvalue weighted by molar-refractivity contribution is -0.0495. The second-order valence-corrected chi connectivity index (χ2v) is 6.14. The van der Waals surface area contributed by atoms with Gasteiger partial charge in [-0.15, -0.1) is 11.3 Å². The molecule has 1 heterocycles. The summed E-state index contributed by atoms with van der Waals surface area (Å²) in [5, 5.41) is 5.58. The third-order valence-electron chi connectivity index (χ3n) is 3.84. The molecule has 102 valence electrons. The van der Waals surface area contributed by atoms with Crippen molar-refractivity contribution in [3.8, 4) is 0 Å². The minimum absolute atomic E-state index is 0.0456. The van der Waals surface area contributed by atoms with Crippen molar-refractivity contribution < 1.29 is 8.78 Å². The quantitative estimate of drug-likeness (QED) is 0.849. The van der Waals surface area contributed by atoms with Gasteiger partial charge in [0.25, 0.3) is 0 Å². The van der Waals surface area contributed by atoms with Gasteiger partial charge in [-0.05, 0) is 49.2 Å². The molecule has 1 nitrogen and oxygen atoms in total. The van der Waals surface area contributed by atoms with Gasteiger partial charge in [-0.25, -0.2) is 8.78 Å². The Kier molecular flexibility index (Phi) is 4.38. The van der Waals surface area contributed by atoms with Crippen LogP contribution in [0.1, 0.15) is 49.1 Å². The number of aryl methyl sites for hydroxylation is 1. The Morgan fingerprint density at radius 3 is 2.61 bits per heavy atom. The van der Waals surface area contributed by atoms with E-state index in [4.69, 9.17) is 0 Å². The Balaban J connectivity index is 2.10. The predicted octanol–water partition coefficient (Wildman–Crippen LogP) is 4.53. The fraction of sp³-hybridized carbons (Fsp3) is 0.714. The molecule has 1 aliphatic carbocycles. The van der Waals surface area contributed by atoms with Crippen molar-refractivity contribution in [3.05, 3.63) is 21.9 Å². The van der Waals surface area contributed by atoms with Crippen LogP contribution in [0.5, 0.6) is 0 Å². The van der Waals surface area contributed by atoms with Gasteiger partial charge in [0.15, 0.2) is 0 Å². The summed E-state index contributed by atoms with van der Waals surface area (Å²) in [6, 6.07) is 2.37. The largest absolute Gasteiger partial charge is 0.309 e. The van der Waals surface area contributed by atoms with Crippen LogP contribution in [-0.4, -0.2) is 12.5 Å². The molecule has 1 N–H and O–H groups in total. The van der Waals surface area contributed by atoms with Crippen molar-refractivity contribution in [1.29, 1.82) is 0 Å². The van der Waals surface area contributed by atoms with Crippen molar-refractivity contribution >= 4 is 11.3 Å². The van der Waals surface area contributed by atoms with E-state index in [0.717, 1.165) is 6.54 Å². The summed E-state index contributed by atoms with van der Waals surface area (Å²) < 4.78 is 26.5. The normalized spacial score (nSPS) is 22.0. The number of hydrogen-bond donors (Lipinski definition) is 1. The molecule has 0 spiro atoms. The molecule has 0 amide bonds. The average Bonchev–Trinajstić information content (AvgIpc) is 2.73. The SMILES string of the molecule is CCNC(c1sccc1C)C1CCC(F)(F)CC1. The van der Waals surface area contributed by atoms with E-state index in [1.807, 2.05) is 0 Å². The summed E-state index contributed by atoms with van der Waals surface area (Å²) in [6.07, 6.45) is 1.35. The molecule has 2 rings (SSSR count). The average molecular weight is 273 g/mol. The van der Waals surface area contributed by atoms with Crippen LogP contribution in [-0.2, 0) is 0 Å². The highest BCUT2D eigenvalue weighted by Gasteiger charge is 2.38. The van der Waals surface area contributed by atoms with Crippen molar-refractivity contribution in [1.82, 2.24) is 5.32 Å². The first kappa shape index (κ1) is 13.9. The molecule has 1 atom stereocenters. The summed E-state index contributed by atoms with van der Waals surface area (Å²) in [7, 11) is 0. The van der Waals surface area contributed by atoms with Crippen LogP contribution < -0.4 is 5.32 Å². The predicted molar refractivity (Wildman–Crippen MR) is 72.4 cm³/mol. The molecule has 18 heavy (non-hydrogen) atoms. The van der Waals surface area contributed by atoms with Crippen LogP contribution >= 0.6 is 11.3 Å². The number of rotatable bonds is 4. The smallest absolute Gasteiger partial charge is 0.248 e. The van der Waals surface area contributed by atoms with Crippen molar-refractivity contribution in [2.24, 2.45) is 5.92 Å². The monoisotopic (exact) mass is 273 g/mol. The highest BCUT2D eigenvalue weighted by Crippen LogP contribution is 2.42. The maximum atomic E-state index is 13.2. The third-order valence-corrected chi connectivity index (χ3v) is 4.94. The van der Waals surface area contributed by atoms with Gasteiger partial charge in [0, 0.05) is 23.8 Å². The molecule has 4 heteroatoms. The zero-order chi connectivity index (χ0) is 13.2. The molecule has 0 radical (unpaired) electrons. The maximum Gasteiger partial charge on any atom is 0.248 e. The van der Waals surface area contributed by atoms with Crippen LogP contribution in [0.3, 0.4) is 0 Å². The number of nitrogens with one attached hydrogen (secondary N) is 1. The lowest BCUT2D eigenvalue weighted by atomic mass is 9.81. The zero-order valence-corrected chi connectivity index (χ0v) is 11.8. The lowest BCUT2D eigenvalue weighted by Crippen LogP contribution is -2.34. The van der Waals surface area contributed by atoms with Gasteiger partial charge < -0.3 is 5.32 Å². The van der Waals surface area contributed by atoms with Gasteiger partial charge in [0.05, 0.1) is 0 Å². The number of alkyl halides is 2. The van der Waals surface area contributed by atoms with E-state index >= 15 is 0 Å². The molecule has 1 saturated carbocycles. The summed E-state index contributed by atoms with van der Waals surface area (Å²) in [5.41, 5.74) is 1.28. The van der Waals surface area contributed by atoms with Crippen molar-refractivity contribution in [3.63, 3.8) is 0 Å². The fourth-order valence-corrected chi connectivity index (χ4v) is 3.89. The van der Waals surface area contributed by atoms with Crippen LogP contribution in [0.4, 0.5) is 8.78 Å². The zero-order valence-electron chi connectivity index (χ0n) is 11.0. The Morgan fingerprint density at radius 2 is 2.11 bits per heavy atom. The van der Waals surface area contributed by atoms with Crippen molar-refractivity contribution in [2.45, 2.75) is 51.5 Å². The molecule has 1 aromatic rings. The Hall–Kier alpha value is -0.480. The molecule has 1 unspecified atom stereocenters. The van der Waals surface area contributed by atoms with Gasteiger partial charge >= 0.3 is 0 Å². The minimum atomic E-state index is -2.43. The molecule has 1 aliphatic rings. The van der Waals surface area contributed by atoms with E-state index in [9.17, 15) is 8.78 Å². The van der Waals surface area contributed by atoms with E-state index in [1.165, 1.54) is 10.4 Å². The van der Waals surface area contributed by atoms with Crippen LogP contribution in [0.2, 0.25) is 0 Å². The minimum Gasteiger partial charge on any atom is -0.309 e. The Bertz CT molecular complexity index is 379. The van der Waals surface area contributed by atoms with E-state index in [-0.39, 0.29) is 18.9 Å². The standard InChI is InChI=1S/C14H21F2NS/c1-3-17-12(13-10(2)6-9-18-13)11-4-7-14(15,16)8-5-11/h6,9,11-12,17H,3-5,7-8H2,1-2H3. The molecule has 0 saturated heterocycles. The van der Waals surface area contributed by atoms with E-state index in [2.05, 4.69) is 30.6 Å². The van der Waals surface area contributed by atoms with Gasteiger partial charge in [-0.1, -0.05) is 6.92 Å². The third kappa shape index (κ3) is 3.09. The number of thiophene rings is 1. The van der Waals surface area contributed by atoms with E-state index in [0.29, 0.717) is 18.8 Å². The molecule has 0 bridgehead atoms. The number of hydrogen-bond acceptors (Lipinski definition) is 2. The van der Waals surface area contributed by atoms with Gasteiger partial charge in [-0.2, -0.15) is 0 Å². The molecular weight excluding hydrogens is 252 g/mol. The highest BCUT2D eigenvalue weighted by molar-refractivity contribution is 7.10. The second kappa shape index (κ2) is 5.66. The maximum absolute atomic E-state index is 13.2. The van der Waals surface area contributed by atoms with Gasteiger partial charge in [0.2, 0.25) is 5.92 Å². The first-order valence-corrected chi connectivity index (χ1v) is 7.56. The first-order chi connectivity index (χ1) is 8.53. The molecular formula is C14H21F2NS. The van der Waals surface area contributed by atoms with Gasteiger partial charge in [-0.3, -0.25) is 0 Å². The summed E-state index contributed by atoms with van der Waals surface area (Å²) in [5.74, 6) is -2.08. The second-order valence-electron chi connectivity index (χ2n) is 5.20. The molecule has 0 aliphatic heterocycles.